The molecule has 0 bridgehead atoms. The van der Waals surface area contributed by atoms with Gasteiger partial charge in [-0.25, -0.2) is 9.78 Å². The maximum Gasteiger partial charge on any atom is 0.339 e. The predicted octanol–water partition coefficient (Wildman–Crippen LogP) is 6.26. The van der Waals surface area contributed by atoms with Crippen molar-refractivity contribution in [2.75, 3.05) is 0 Å². The molecule has 32 heavy (non-hydrogen) atoms. The van der Waals surface area contributed by atoms with Crippen molar-refractivity contribution < 1.29 is 14.3 Å². The fraction of sp³-hybridized carbons (Fsp3) is 0.179. The maximum absolute atomic E-state index is 13.3. The second kappa shape index (κ2) is 8.75. The summed E-state index contributed by atoms with van der Waals surface area (Å²) in [6.07, 6.45) is -0.903. The monoisotopic (exact) mass is 423 g/mol. The number of hydrogen-bond acceptors (Lipinski definition) is 4. The molecule has 0 saturated heterocycles. The summed E-state index contributed by atoms with van der Waals surface area (Å²) in [5.74, 6) is -0.754. The number of hydrogen-bond donors (Lipinski definition) is 0. The maximum atomic E-state index is 13.3. The molecule has 4 aromatic rings. The lowest BCUT2D eigenvalue weighted by Gasteiger charge is -2.17. The van der Waals surface area contributed by atoms with E-state index in [1.165, 1.54) is 0 Å². The van der Waals surface area contributed by atoms with Gasteiger partial charge in [0.05, 0.1) is 16.8 Å². The van der Waals surface area contributed by atoms with Gasteiger partial charge in [-0.05, 0) is 39.3 Å². The molecule has 3 aromatic carbocycles. The average Bonchev–Trinajstić information content (AvgIpc) is 2.79. The van der Waals surface area contributed by atoms with Crippen LogP contribution in [0.4, 0.5) is 0 Å². The Balaban J connectivity index is 1.73. The highest BCUT2D eigenvalue weighted by atomic mass is 16.5. The Morgan fingerprint density at radius 1 is 0.812 bits per heavy atom. The summed E-state index contributed by atoms with van der Waals surface area (Å²) >= 11 is 0. The molecule has 0 N–H and O–H groups in total. The van der Waals surface area contributed by atoms with Gasteiger partial charge in [-0.3, -0.25) is 4.79 Å². The Labute approximate surface area is 187 Å². The summed E-state index contributed by atoms with van der Waals surface area (Å²) in [6.45, 7) is 7.47. The van der Waals surface area contributed by atoms with Crippen molar-refractivity contribution in [3.63, 3.8) is 0 Å². The Morgan fingerprint density at radius 3 is 2.06 bits per heavy atom. The van der Waals surface area contributed by atoms with Crippen LogP contribution in [0.15, 0.2) is 72.8 Å². The SMILES string of the molecule is Cc1ccc(C(=O)C(C)OC(=O)c2c(C)c(-c3ccc(C)cc3)nc3ccccc23)cc1. The normalized spacial score (nSPS) is 11.9. The number of rotatable bonds is 5. The van der Waals surface area contributed by atoms with E-state index in [9.17, 15) is 9.59 Å². The largest absolute Gasteiger partial charge is 0.451 e. The Bertz CT molecular complexity index is 1310. The molecule has 0 fully saturated rings. The third-order valence-electron chi connectivity index (χ3n) is 5.65. The highest BCUT2D eigenvalue weighted by Crippen LogP contribution is 2.30. The number of carbonyl (C=O) groups excluding carboxylic acids is 2. The predicted molar refractivity (Wildman–Crippen MR) is 127 cm³/mol. The Kier molecular flexibility index (Phi) is 5.87. The topological polar surface area (TPSA) is 56.3 Å². The molecule has 0 radical (unpaired) electrons. The molecule has 0 amide bonds. The molecule has 1 unspecified atom stereocenters. The van der Waals surface area contributed by atoms with Gasteiger partial charge >= 0.3 is 5.97 Å². The van der Waals surface area contributed by atoms with Crippen LogP contribution in [0.2, 0.25) is 0 Å². The van der Waals surface area contributed by atoms with Crippen LogP contribution < -0.4 is 0 Å². The number of pyridine rings is 1. The van der Waals surface area contributed by atoms with E-state index >= 15 is 0 Å². The first-order chi connectivity index (χ1) is 15.3. The number of Topliss-reactive ketones (excluding diaryl/α,β-unsaturated/α-hetero) is 1. The van der Waals surface area contributed by atoms with Gasteiger partial charge in [0.25, 0.3) is 0 Å². The summed E-state index contributed by atoms with van der Waals surface area (Å²) in [5.41, 5.74) is 6.27. The van der Waals surface area contributed by atoms with E-state index < -0.39 is 12.1 Å². The van der Waals surface area contributed by atoms with Crippen LogP contribution in [0.1, 0.15) is 44.3 Å². The number of fused-ring (bicyclic) bond motifs is 1. The summed E-state index contributed by atoms with van der Waals surface area (Å²) in [7, 11) is 0. The van der Waals surface area contributed by atoms with Crippen LogP contribution in [0.5, 0.6) is 0 Å². The molecule has 0 saturated carbocycles. The molecule has 4 rings (SSSR count). The van der Waals surface area contributed by atoms with Crippen molar-refractivity contribution in [1.82, 2.24) is 4.98 Å². The molecular weight excluding hydrogens is 398 g/mol. The van der Waals surface area contributed by atoms with Crippen LogP contribution in [-0.2, 0) is 4.74 Å². The number of aryl methyl sites for hydroxylation is 2. The lowest BCUT2D eigenvalue weighted by molar-refractivity contribution is 0.0320. The van der Waals surface area contributed by atoms with Gasteiger partial charge in [0.2, 0.25) is 5.78 Å². The van der Waals surface area contributed by atoms with Crippen molar-refractivity contribution in [3.8, 4) is 11.3 Å². The zero-order valence-electron chi connectivity index (χ0n) is 18.7. The molecule has 0 aliphatic heterocycles. The van der Waals surface area contributed by atoms with E-state index in [4.69, 9.17) is 9.72 Å². The van der Waals surface area contributed by atoms with Gasteiger partial charge in [-0.15, -0.1) is 0 Å². The van der Waals surface area contributed by atoms with Crippen molar-refractivity contribution in [2.24, 2.45) is 0 Å². The van der Waals surface area contributed by atoms with E-state index in [-0.39, 0.29) is 5.78 Å². The quantitative estimate of drug-likeness (QED) is 0.281. The molecule has 0 spiro atoms. The lowest BCUT2D eigenvalue weighted by Crippen LogP contribution is -2.25. The number of para-hydroxylation sites is 1. The van der Waals surface area contributed by atoms with Crippen molar-refractivity contribution in [1.29, 1.82) is 0 Å². The second-order valence-electron chi connectivity index (χ2n) is 8.12. The lowest BCUT2D eigenvalue weighted by atomic mass is 9.97. The first-order valence-corrected chi connectivity index (χ1v) is 10.6. The molecular formula is C28H25NO3. The van der Waals surface area contributed by atoms with Gasteiger partial charge in [-0.1, -0.05) is 77.9 Å². The third-order valence-corrected chi connectivity index (χ3v) is 5.65. The standard InChI is InChI=1S/C28H25NO3/c1-17-9-13-21(14-10-17)26-19(3)25(23-7-5-6-8-24(23)29-26)28(31)32-20(4)27(30)22-15-11-18(2)12-16-22/h5-16,20H,1-4H3. The van der Waals surface area contributed by atoms with Crippen LogP contribution in [0.25, 0.3) is 22.2 Å². The molecule has 0 aliphatic rings. The minimum atomic E-state index is -0.903. The van der Waals surface area contributed by atoms with Crippen molar-refractivity contribution >= 4 is 22.7 Å². The fourth-order valence-corrected chi connectivity index (χ4v) is 3.79. The minimum absolute atomic E-state index is 0.229. The van der Waals surface area contributed by atoms with E-state index in [0.717, 1.165) is 27.9 Å². The van der Waals surface area contributed by atoms with Crippen molar-refractivity contribution in [3.05, 3.63) is 101 Å². The zero-order valence-corrected chi connectivity index (χ0v) is 18.7. The number of ketones is 1. The second-order valence-corrected chi connectivity index (χ2v) is 8.12. The van der Waals surface area contributed by atoms with Crippen molar-refractivity contribution in [2.45, 2.75) is 33.8 Å². The highest BCUT2D eigenvalue weighted by Gasteiger charge is 2.25. The van der Waals surface area contributed by atoms with Crippen LogP contribution >= 0.6 is 0 Å². The molecule has 1 heterocycles. The van der Waals surface area contributed by atoms with Gasteiger partial charge in [0.1, 0.15) is 0 Å². The first kappa shape index (κ1) is 21.4. The summed E-state index contributed by atoms with van der Waals surface area (Å²) in [5, 5.41) is 0.709. The van der Waals surface area contributed by atoms with E-state index in [2.05, 4.69) is 0 Å². The third kappa shape index (κ3) is 4.17. The van der Waals surface area contributed by atoms with E-state index in [1.54, 1.807) is 19.1 Å². The molecule has 1 aromatic heterocycles. The number of benzene rings is 3. The van der Waals surface area contributed by atoms with E-state index in [1.807, 2.05) is 81.4 Å². The zero-order chi connectivity index (χ0) is 22.8. The van der Waals surface area contributed by atoms with Gasteiger partial charge in [0.15, 0.2) is 6.10 Å². The number of esters is 1. The Morgan fingerprint density at radius 2 is 1.41 bits per heavy atom. The minimum Gasteiger partial charge on any atom is -0.451 e. The first-order valence-electron chi connectivity index (χ1n) is 10.6. The summed E-state index contributed by atoms with van der Waals surface area (Å²) in [6, 6.07) is 22.8. The fourth-order valence-electron chi connectivity index (χ4n) is 3.79. The van der Waals surface area contributed by atoms with Gasteiger partial charge in [-0.2, -0.15) is 0 Å². The number of carbonyl (C=O) groups is 2. The molecule has 4 nitrogen and oxygen atoms in total. The molecule has 160 valence electrons. The number of ether oxygens (including phenoxy) is 1. The summed E-state index contributed by atoms with van der Waals surface area (Å²) in [4.78, 5) is 30.9. The molecule has 4 heteroatoms. The Hall–Kier alpha value is -3.79. The average molecular weight is 424 g/mol. The smallest absolute Gasteiger partial charge is 0.339 e. The highest BCUT2D eigenvalue weighted by molar-refractivity contribution is 6.08. The van der Waals surface area contributed by atoms with Gasteiger partial charge in [0, 0.05) is 16.5 Å². The summed E-state index contributed by atoms with van der Waals surface area (Å²) < 4.78 is 5.67. The van der Waals surface area contributed by atoms with E-state index in [0.29, 0.717) is 22.0 Å². The molecule has 0 aliphatic carbocycles. The van der Waals surface area contributed by atoms with Crippen LogP contribution in [0.3, 0.4) is 0 Å². The number of aromatic nitrogens is 1. The van der Waals surface area contributed by atoms with Crippen LogP contribution in [-0.4, -0.2) is 22.8 Å². The number of nitrogens with zero attached hydrogens (tertiary/aromatic N) is 1. The van der Waals surface area contributed by atoms with Gasteiger partial charge < -0.3 is 4.74 Å². The van der Waals surface area contributed by atoms with Crippen LogP contribution in [0, 0.1) is 20.8 Å². The molecule has 1 atom stereocenters.